The van der Waals surface area contributed by atoms with Gasteiger partial charge in [-0.15, -0.1) is 10.2 Å². The molecule has 0 saturated heterocycles. The number of carbonyl (C=O) groups excluding carboxylic acids is 1. The van der Waals surface area contributed by atoms with Crippen LogP contribution in [0.3, 0.4) is 0 Å². The van der Waals surface area contributed by atoms with Crippen LogP contribution < -0.4 is 10.1 Å². The summed E-state index contributed by atoms with van der Waals surface area (Å²) in [5.74, 6) is -0.0656. The highest BCUT2D eigenvalue weighted by molar-refractivity contribution is 6.01. The van der Waals surface area contributed by atoms with E-state index in [0.29, 0.717) is 22.6 Å². The number of aromatic nitrogens is 2. The zero-order valence-corrected chi connectivity index (χ0v) is 12.7. The summed E-state index contributed by atoms with van der Waals surface area (Å²) in [5, 5.41) is 19.3. The summed E-state index contributed by atoms with van der Waals surface area (Å²) in [7, 11) is 1.53. The topological polar surface area (TPSA) is 101 Å². The number of methoxy groups -OCH3 is 1. The molecule has 24 heavy (non-hydrogen) atoms. The Balaban J connectivity index is 1.85. The van der Waals surface area contributed by atoms with Crippen molar-refractivity contribution < 1.29 is 13.9 Å². The minimum Gasteiger partial charge on any atom is -0.496 e. The molecule has 3 rings (SSSR count). The lowest BCUT2D eigenvalue weighted by Gasteiger charge is -2.04. The number of para-hydroxylation sites is 2. The highest BCUT2D eigenvalue weighted by atomic mass is 16.5. The van der Waals surface area contributed by atoms with E-state index in [1.807, 2.05) is 12.1 Å². The van der Waals surface area contributed by atoms with Gasteiger partial charge in [-0.2, -0.15) is 5.26 Å². The van der Waals surface area contributed by atoms with Gasteiger partial charge in [0.05, 0.1) is 23.9 Å². The van der Waals surface area contributed by atoms with Crippen molar-refractivity contribution in [1.29, 1.82) is 5.26 Å². The monoisotopic (exact) mass is 320 g/mol. The fraction of sp³-hybridized carbons (Fsp3) is 0.0588. The van der Waals surface area contributed by atoms with Crippen molar-refractivity contribution in [2.45, 2.75) is 0 Å². The Kier molecular flexibility index (Phi) is 4.21. The second-order valence-corrected chi connectivity index (χ2v) is 4.72. The zero-order chi connectivity index (χ0) is 16.9. The fourth-order valence-electron chi connectivity index (χ4n) is 2.11. The number of nitrogens with one attached hydrogen (secondary N) is 1. The Hall–Kier alpha value is -3.66. The maximum Gasteiger partial charge on any atom is 0.313 e. The van der Waals surface area contributed by atoms with Crippen molar-refractivity contribution in [2.75, 3.05) is 12.4 Å². The molecule has 0 aliphatic heterocycles. The molecule has 0 bridgehead atoms. The van der Waals surface area contributed by atoms with E-state index in [2.05, 4.69) is 15.5 Å². The van der Waals surface area contributed by atoms with Crippen LogP contribution in [0.15, 0.2) is 52.9 Å². The van der Waals surface area contributed by atoms with Gasteiger partial charge in [-0.25, -0.2) is 0 Å². The van der Waals surface area contributed by atoms with E-state index in [1.165, 1.54) is 7.11 Å². The van der Waals surface area contributed by atoms with E-state index >= 15 is 0 Å². The van der Waals surface area contributed by atoms with E-state index in [1.54, 1.807) is 42.5 Å². The molecule has 118 valence electrons. The van der Waals surface area contributed by atoms with Crippen molar-refractivity contribution in [1.82, 2.24) is 10.2 Å². The number of nitrogens with zero attached hydrogens (tertiary/aromatic N) is 3. The molecule has 7 nitrogen and oxygen atoms in total. The number of hydrogen-bond acceptors (Lipinski definition) is 6. The van der Waals surface area contributed by atoms with Gasteiger partial charge in [0.15, 0.2) is 0 Å². The van der Waals surface area contributed by atoms with Crippen molar-refractivity contribution >= 4 is 11.6 Å². The minimum absolute atomic E-state index is 0.172. The molecule has 1 N–H and O–H groups in total. The molecular weight excluding hydrogens is 308 g/mol. The summed E-state index contributed by atoms with van der Waals surface area (Å²) in [5.41, 5.74) is 1.31. The lowest BCUT2D eigenvalue weighted by atomic mass is 10.2. The lowest BCUT2D eigenvalue weighted by molar-refractivity contribution is 0.0990. The maximum atomic E-state index is 12.2. The van der Waals surface area contributed by atoms with Crippen LogP contribution in [0.4, 0.5) is 5.69 Å². The van der Waals surface area contributed by atoms with E-state index in [-0.39, 0.29) is 11.8 Å². The molecule has 7 heteroatoms. The highest BCUT2D eigenvalue weighted by Crippen LogP contribution is 2.28. The smallest absolute Gasteiger partial charge is 0.313 e. The fourth-order valence-corrected chi connectivity index (χ4v) is 2.11. The molecule has 0 spiro atoms. The van der Waals surface area contributed by atoms with Gasteiger partial charge in [-0.3, -0.25) is 4.79 Å². The first-order valence-electron chi connectivity index (χ1n) is 7.00. The Labute approximate surface area is 137 Å². The summed E-state index contributed by atoms with van der Waals surface area (Å²) in [6, 6.07) is 15.8. The molecule has 2 aromatic carbocycles. The summed E-state index contributed by atoms with van der Waals surface area (Å²) >= 11 is 0. The number of anilines is 1. The number of hydrogen-bond donors (Lipinski definition) is 1. The SMILES string of the molecule is COc1ccccc1-c1nnc(C(=O)Nc2ccccc2C#N)o1. The Morgan fingerprint density at radius 3 is 2.71 bits per heavy atom. The normalized spacial score (nSPS) is 10.0. The quantitative estimate of drug-likeness (QED) is 0.793. The molecule has 1 aromatic heterocycles. The molecule has 0 aliphatic rings. The second-order valence-electron chi connectivity index (χ2n) is 4.72. The number of amides is 1. The molecule has 0 saturated carbocycles. The molecule has 1 heterocycles. The zero-order valence-electron chi connectivity index (χ0n) is 12.7. The molecule has 0 atom stereocenters. The Morgan fingerprint density at radius 1 is 1.17 bits per heavy atom. The van der Waals surface area contributed by atoms with Gasteiger partial charge in [0.1, 0.15) is 11.8 Å². The largest absolute Gasteiger partial charge is 0.496 e. The molecule has 0 fully saturated rings. The van der Waals surface area contributed by atoms with Gasteiger partial charge >= 0.3 is 11.8 Å². The van der Waals surface area contributed by atoms with Gasteiger partial charge < -0.3 is 14.5 Å². The van der Waals surface area contributed by atoms with Crippen LogP contribution in [-0.2, 0) is 0 Å². The lowest BCUT2D eigenvalue weighted by Crippen LogP contribution is -2.13. The predicted molar refractivity (Wildman–Crippen MR) is 85.4 cm³/mol. The van der Waals surface area contributed by atoms with Gasteiger partial charge in [-0.1, -0.05) is 24.3 Å². The maximum absolute atomic E-state index is 12.2. The number of carbonyl (C=O) groups is 1. The summed E-state index contributed by atoms with van der Waals surface area (Å²) in [6.07, 6.45) is 0. The first-order chi connectivity index (χ1) is 11.7. The number of benzene rings is 2. The van der Waals surface area contributed by atoms with E-state index in [0.717, 1.165) is 0 Å². The Morgan fingerprint density at radius 2 is 1.92 bits per heavy atom. The van der Waals surface area contributed by atoms with Gasteiger partial charge in [0.25, 0.3) is 5.89 Å². The van der Waals surface area contributed by atoms with Crippen LogP contribution in [0, 0.1) is 11.3 Å². The Bertz CT molecular complexity index is 927. The van der Waals surface area contributed by atoms with Crippen LogP contribution in [0.1, 0.15) is 16.2 Å². The summed E-state index contributed by atoms with van der Waals surface area (Å²) in [4.78, 5) is 12.2. The molecule has 0 aliphatic carbocycles. The standard InChI is InChI=1S/C17H12N4O3/c1-23-14-9-5-3-7-12(14)16-20-21-17(24-16)15(22)19-13-8-4-2-6-11(13)10-18/h2-9H,1H3,(H,19,22). The third-order valence-electron chi connectivity index (χ3n) is 3.25. The van der Waals surface area contributed by atoms with Crippen molar-refractivity contribution in [3.63, 3.8) is 0 Å². The molecule has 0 unspecified atom stereocenters. The van der Waals surface area contributed by atoms with Crippen molar-refractivity contribution in [3.8, 4) is 23.3 Å². The van der Waals surface area contributed by atoms with Crippen molar-refractivity contribution in [2.24, 2.45) is 0 Å². The predicted octanol–water partition coefficient (Wildman–Crippen LogP) is 2.87. The van der Waals surface area contributed by atoms with E-state index in [4.69, 9.17) is 14.4 Å². The van der Waals surface area contributed by atoms with E-state index < -0.39 is 5.91 Å². The van der Waals surface area contributed by atoms with Gasteiger partial charge in [-0.05, 0) is 24.3 Å². The first-order valence-corrected chi connectivity index (χ1v) is 7.00. The molecular formula is C17H12N4O3. The minimum atomic E-state index is -0.591. The van der Waals surface area contributed by atoms with Gasteiger partial charge in [0.2, 0.25) is 0 Å². The van der Waals surface area contributed by atoms with Crippen LogP contribution in [0.25, 0.3) is 11.5 Å². The number of ether oxygens (including phenoxy) is 1. The first kappa shape index (κ1) is 15.2. The van der Waals surface area contributed by atoms with Crippen molar-refractivity contribution in [3.05, 3.63) is 60.0 Å². The van der Waals surface area contributed by atoms with Crippen LogP contribution in [0.5, 0.6) is 5.75 Å². The third-order valence-corrected chi connectivity index (χ3v) is 3.25. The third kappa shape index (κ3) is 2.94. The average Bonchev–Trinajstić information content (AvgIpc) is 3.12. The second kappa shape index (κ2) is 6.62. The molecule has 3 aromatic rings. The molecule has 1 amide bonds. The van der Waals surface area contributed by atoms with Crippen LogP contribution in [0.2, 0.25) is 0 Å². The number of rotatable bonds is 4. The summed E-state index contributed by atoms with van der Waals surface area (Å²) in [6.45, 7) is 0. The van der Waals surface area contributed by atoms with E-state index in [9.17, 15) is 4.79 Å². The van der Waals surface area contributed by atoms with Crippen LogP contribution in [-0.4, -0.2) is 23.2 Å². The molecule has 0 radical (unpaired) electrons. The van der Waals surface area contributed by atoms with Gasteiger partial charge in [0, 0.05) is 0 Å². The summed E-state index contributed by atoms with van der Waals surface area (Å²) < 4.78 is 10.7. The highest BCUT2D eigenvalue weighted by Gasteiger charge is 2.18. The average molecular weight is 320 g/mol. The number of nitriles is 1. The van der Waals surface area contributed by atoms with Crippen LogP contribution >= 0.6 is 0 Å².